The topological polar surface area (TPSA) is 90.5 Å². The highest BCUT2D eigenvalue weighted by atomic mass is 19.4. The lowest BCUT2D eigenvalue weighted by atomic mass is 9.98. The summed E-state index contributed by atoms with van der Waals surface area (Å²) in [6.07, 6.45) is -2.52. The van der Waals surface area contributed by atoms with Crippen molar-refractivity contribution >= 4 is 34.8 Å². The van der Waals surface area contributed by atoms with Crippen molar-refractivity contribution < 1.29 is 27.6 Å². The minimum Gasteiger partial charge on any atom is -0.376 e. The van der Waals surface area contributed by atoms with Crippen molar-refractivity contribution in [2.75, 3.05) is 35.6 Å². The zero-order chi connectivity index (χ0) is 28.0. The molecule has 1 aliphatic rings. The average molecular weight is 539 g/mol. The monoisotopic (exact) mass is 538 g/mol. The van der Waals surface area contributed by atoms with Crippen LogP contribution in [0.15, 0.2) is 72.8 Å². The summed E-state index contributed by atoms with van der Waals surface area (Å²) < 4.78 is 38.8. The third-order valence-corrected chi connectivity index (χ3v) is 6.51. The van der Waals surface area contributed by atoms with E-state index in [1.54, 1.807) is 36.4 Å². The molecule has 0 aromatic heterocycles. The second kappa shape index (κ2) is 12.0. The third-order valence-electron chi connectivity index (χ3n) is 6.51. The Morgan fingerprint density at radius 2 is 1.46 bits per heavy atom. The van der Waals surface area contributed by atoms with Gasteiger partial charge < -0.3 is 20.9 Å². The Hall–Kier alpha value is -4.34. The minimum absolute atomic E-state index is 0.00293. The number of nitrogens with zero attached hydrogens (tertiary/aromatic N) is 1. The van der Waals surface area contributed by atoms with Crippen LogP contribution in [0.3, 0.4) is 0 Å². The second-order valence-electron chi connectivity index (χ2n) is 9.57. The van der Waals surface area contributed by atoms with E-state index in [0.717, 1.165) is 38.1 Å². The number of halogens is 3. The normalized spacial score (nSPS) is 14.0. The number of alkyl halides is 3. The van der Waals surface area contributed by atoms with Crippen molar-refractivity contribution in [3.05, 3.63) is 89.5 Å². The maximum absolute atomic E-state index is 12.9. The van der Waals surface area contributed by atoms with Gasteiger partial charge in [-0.15, -0.1) is 0 Å². The molecule has 0 unspecified atom stereocenters. The van der Waals surface area contributed by atoms with Crippen molar-refractivity contribution in [3.63, 3.8) is 0 Å². The van der Waals surface area contributed by atoms with Gasteiger partial charge in [0.2, 0.25) is 5.91 Å². The Bertz CT molecular complexity index is 1330. The van der Waals surface area contributed by atoms with Crippen molar-refractivity contribution in [1.29, 1.82) is 0 Å². The fourth-order valence-electron chi connectivity index (χ4n) is 4.23. The van der Waals surface area contributed by atoms with Gasteiger partial charge in [-0.3, -0.25) is 14.4 Å². The molecular formula is C29H29F3N4O3. The van der Waals surface area contributed by atoms with Gasteiger partial charge in [0.25, 0.3) is 11.8 Å². The number of anilines is 3. The number of amides is 3. The Morgan fingerprint density at radius 1 is 0.821 bits per heavy atom. The lowest BCUT2D eigenvalue weighted by Gasteiger charge is -2.30. The predicted octanol–water partition coefficient (Wildman–Crippen LogP) is 5.88. The number of carbonyl (C=O) groups is 3. The summed E-state index contributed by atoms with van der Waals surface area (Å²) in [5.41, 5.74) is 0.929. The first-order chi connectivity index (χ1) is 18.6. The zero-order valence-corrected chi connectivity index (χ0v) is 21.3. The molecule has 4 rings (SSSR count). The summed E-state index contributed by atoms with van der Waals surface area (Å²) >= 11 is 0. The molecule has 3 aromatic carbocycles. The maximum atomic E-state index is 12.9. The molecule has 7 nitrogen and oxygen atoms in total. The third kappa shape index (κ3) is 7.59. The van der Waals surface area contributed by atoms with E-state index in [4.69, 9.17) is 0 Å². The van der Waals surface area contributed by atoms with Crippen molar-refractivity contribution in [2.24, 2.45) is 5.92 Å². The number of nitrogens with one attached hydrogen (secondary N) is 3. The van der Waals surface area contributed by atoms with Crippen LogP contribution in [-0.2, 0) is 11.0 Å². The van der Waals surface area contributed by atoms with E-state index in [1.165, 1.54) is 24.3 Å². The molecule has 204 valence electrons. The zero-order valence-electron chi connectivity index (χ0n) is 21.3. The molecule has 3 aromatic rings. The average Bonchev–Trinajstić information content (AvgIpc) is 2.92. The lowest BCUT2D eigenvalue weighted by molar-refractivity contribution is -0.137. The molecule has 3 amide bonds. The van der Waals surface area contributed by atoms with Gasteiger partial charge in [-0.2, -0.15) is 13.2 Å². The maximum Gasteiger partial charge on any atom is 0.416 e. The SMILES string of the molecule is CC1CCN(C(=O)c2ccc(NCC(=O)Nc3cccc(C(=O)Nc4cccc(C(F)(F)F)c4)c3)cc2)CC1. The van der Waals surface area contributed by atoms with E-state index < -0.39 is 17.6 Å². The van der Waals surface area contributed by atoms with Crippen LogP contribution in [0, 0.1) is 5.92 Å². The lowest BCUT2D eigenvalue weighted by Crippen LogP contribution is -2.37. The molecule has 0 atom stereocenters. The first kappa shape index (κ1) is 27.7. The molecule has 0 saturated carbocycles. The minimum atomic E-state index is -4.52. The summed E-state index contributed by atoms with van der Waals surface area (Å²) in [5, 5.41) is 8.12. The number of hydrogen-bond acceptors (Lipinski definition) is 4. The Balaban J connectivity index is 1.29. The highest BCUT2D eigenvalue weighted by Gasteiger charge is 2.30. The van der Waals surface area contributed by atoms with Crippen LogP contribution >= 0.6 is 0 Å². The van der Waals surface area contributed by atoms with E-state index in [2.05, 4.69) is 22.9 Å². The largest absolute Gasteiger partial charge is 0.416 e. The Morgan fingerprint density at radius 3 is 2.13 bits per heavy atom. The van der Waals surface area contributed by atoms with Crippen molar-refractivity contribution in [3.8, 4) is 0 Å². The van der Waals surface area contributed by atoms with E-state index in [-0.39, 0.29) is 29.6 Å². The number of likely N-dealkylation sites (tertiary alicyclic amines) is 1. The highest BCUT2D eigenvalue weighted by Crippen LogP contribution is 2.30. The molecule has 0 bridgehead atoms. The van der Waals surface area contributed by atoms with Crippen molar-refractivity contribution in [1.82, 2.24) is 4.90 Å². The van der Waals surface area contributed by atoms with Crippen LogP contribution in [0.1, 0.15) is 46.0 Å². The van der Waals surface area contributed by atoms with Gasteiger partial charge in [0.1, 0.15) is 0 Å². The molecular weight excluding hydrogens is 509 g/mol. The van der Waals surface area contributed by atoms with Gasteiger partial charge >= 0.3 is 6.18 Å². The number of rotatable bonds is 7. The molecule has 0 radical (unpaired) electrons. The van der Waals surface area contributed by atoms with Gasteiger partial charge in [0, 0.05) is 41.3 Å². The number of hydrogen-bond donors (Lipinski definition) is 3. The van der Waals surface area contributed by atoms with Gasteiger partial charge in [0.05, 0.1) is 12.1 Å². The van der Waals surface area contributed by atoms with Gasteiger partial charge in [-0.05, 0) is 79.4 Å². The summed E-state index contributed by atoms with van der Waals surface area (Å²) in [7, 11) is 0. The molecule has 0 spiro atoms. The standard InChI is InChI=1S/C29H29F3N4O3/c1-19-12-14-36(15-13-19)28(39)20-8-10-23(11-9-20)33-18-26(37)34-24-6-2-4-21(16-24)27(38)35-25-7-3-5-22(17-25)29(30,31)32/h2-11,16-17,19,33H,12-15,18H2,1H3,(H,34,37)(H,35,38). The van der Waals surface area contributed by atoms with E-state index in [1.807, 2.05) is 4.90 Å². The predicted molar refractivity (Wildman–Crippen MR) is 144 cm³/mol. The molecule has 1 saturated heterocycles. The summed E-state index contributed by atoms with van der Waals surface area (Å²) in [6, 6.07) is 17.4. The fourth-order valence-corrected chi connectivity index (χ4v) is 4.23. The molecule has 39 heavy (non-hydrogen) atoms. The first-order valence-corrected chi connectivity index (χ1v) is 12.6. The molecule has 1 fully saturated rings. The fraction of sp³-hybridized carbons (Fsp3) is 0.276. The Kier molecular flexibility index (Phi) is 8.53. The van der Waals surface area contributed by atoms with E-state index in [0.29, 0.717) is 22.9 Å². The van der Waals surface area contributed by atoms with Crippen LogP contribution in [0.5, 0.6) is 0 Å². The quantitative estimate of drug-likeness (QED) is 0.350. The van der Waals surface area contributed by atoms with Crippen LogP contribution in [-0.4, -0.2) is 42.3 Å². The molecule has 1 aliphatic heterocycles. The number of carbonyl (C=O) groups excluding carboxylic acids is 3. The molecule has 0 aliphatic carbocycles. The smallest absolute Gasteiger partial charge is 0.376 e. The van der Waals surface area contributed by atoms with Gasteiger partial charge in [-0.1, -0.05) is 19.1 Å². The van der Waals surface area contributed by atoms with Gasteiger partial charge in [-0.25, -0.2) is 0 Å². The highest BCUT2D eigenvalue weighted by molar-refractivity contribution is 6.05. The summed E-state index contributed by atoms with van der Waals surface area (Å²) in [5.74, 6) is -0.343. The van der Waals surface area contributed by atoms with E-state index in [9.17, 15) is 27.6 Å². The Labute approximate surface area is 224 Å². The summed E-state index contributed by atoms with van der Waals surface area (Å²) in [4.78, 5) is 39.6. The molecule has 3 N–H and O–H groups in total. The van der Waals surface area contributed by atoms with Crippen molar-refractivity contribution in [2.45, 2.75) is 25.9 Å². The van der Waals surface area contributed by atoms with Crippen LogP contribution in [0.2, 0.25) is 0 Å². The van der Waals surface area contributed by atoms with E-state index >= 15 is 0 Å². The number of piperidine rings is 1. The second-order valence-corrected chi connectivity index (χ2v) is 9.57. The van der Waals surface area contributed by atoms with Gasteiger partial charge in [0.15, 0.2) is 0 Å². The molecule has 10 heteroatoms. The first-order valence-electron chi connectivity index (χ1n) is 12.6. The summed E-state index contributed by atoms with van der Waals surface area (Å²) in [6.45, 7) is 3.65. The molecule has 1 heterocycles. The van der Waals surface area contributed by atoms with Crippen LogP contribution in [0.4, 0.5) is 30.2 Å². The van der Waals surface area contributed by atoms with Crippen LogP contribution < -0.4 is 16.0 Å². The van der Waals surface area contributed by atoms with Crippen LogP contribution in [0.25, 0.3) is 0 Å². The number of benzene rings is 3.